The van der Waals surface area contributed by atoms with Crippen LogP contribution >= 0.6 is 0 Å². The lowest BCUT2D eigenvalue weighted by Gasteiger charge is -2.20. The molecule has 1 saturated heterocycles. The number of carboxylic acids is 1. The molecular weight excluding hydrogens is 260 g/mol. The third-order valence-corrected chi connectivity index (χ3v) is 3.37. The average Bonchev–Trinajstić information content (AvgIpc) is 2.94. The predicted molar refractivity (Wildman–Crippen MR) is 72.6 cm³/mol. The van der Waals surface area contributed by atoms with Gasteiger partial charge in [-0.2, -0.15) is 0 Å². The van der Waals surface area contributed by atoms with Gasteiger partial charge in [0.1, 0.15) is 11.8 Å². The van der Waals surface area contributed by atoms with E-state index in [0.717, 1.165) is 18.4 Å². The van der Waals surface area contributed by atoms with Gasteiger partial charge in [0.25, 0.3) is 0 Å². The summed E-state index contributed by atoms with van der Waals surface area (Å²) in [6.07, 6.45) is 2.11. The number of nitrogens with zero attached hydrogens (tertiary/aromatic N) is 1. The summed E-state index contributed by atoms with van der Waals surface area (Å²) in [6, 6.07) is 4.99. The lowest BCUT2D eigenvalue weighted by atomic mass is 10.1. The van der Waals surface area contributed by atoms with E-state index in [1.807, 2.05) is 0 Å². The number of carbonyl (C=O) groups excluding carboxylic acids is 1. The van der Waals surface area contributed by atoms with Crippen molar-refractivity contribution in [1.29, 1.82) is 0 Å². The molecule has 20 heavy (non-hydrogen) atoms. The smallest absolute Gasteiger partial charge is 0.326 e. The van der Waals surface area contributed by atoms with Crippen LogP contribution in [0.3, 0.4) is 0 Å². The molecule has 0 saturated carbocycles. The minimum Gasteiger partial charge on any atom is -0.508 e. The summed E-state index contributed by atoms with van der Waals surface area (Å²) in [5.74, 6) is -0.938. The monoisotopic (exact) mass is 278 g/mol. The van der Waals surface area contributed by atoms with Crippen LogP contribution in [-0.2, 0) is 11.2 Å². The number of rotatable bonds is 4. The van der Waals surface area contributed by atoms with Crippen molar-refractivity contribution in [2.75, 3.05) is 13.1 Å². The highest BCUT2D eigenvalue weighted by atomic mass is 16.4. The van der Waals surface area contributed by atoms with Crippen LogP contribution in [-0.4, -0.2) is 46.2 Å². The topological polar surface area (TPSA) is 89.9 Å². The van der Waals surface area contributed by atoms with Gasteiger partial charge in [-0.15, -0.1) is 0 Å². The zero-order valence-corrected chi connectivity index (χ0v) is 11.1. The largest absolute Gasteiger partial charge is 0.508 e. The van der Waals surface area contributed by atoms with Crippen LogP contribution in [0.4, 0.5) is 4.79 Å². The fraction of sp³-hybridized carbons (Fsp3) is 0.429. The number of hydrogen-bond acceptors (Lipinski definition) is 3. The summed E-state index contributed by atoms with van der Waals surface area (Å²) in [4.78, 5) is 24.8. The number of hydrogen-bond donors (Lipinski definition) is 3. The summed E-state index contributed by atoms with van der Waals surface area (Å²) in [7, 11) is 0. The zero-order chi connectivity index (χ0) is 14.5. The van der Waals surface area contributed by atoms with Gasteiger partial charge in [-0.25, -0.2) is 9.59 Å². The Morgan fingerprint density at radius 3 is 2.35 bits per heavy atom. The van der Waals surface area contributed by atoms with Crippen molar-refractivity contribution in [2.24, 2.45) is 0 Å². The number of urea groups is 1. The second-order valence-corrected chi connectivity index (χ2v) is 4.91. The van der Waals surface area contributed by atoms with E-state index in [1.54, 1.807) is 17.0 Å². The summed E-state index contributed by atoms with van der Waals surface area (Å²) in [6.45, 7) is 1.36. The Hall–Kier alpha value is -2.24. The van der Waals surface area contributed by atoms with Crippen molar-refractivity contribution in [3.8, 4) is 5.75 Å². The lowest BCUT2D eigenvalue weighted by molar-refractivity contribution is -0.139. The first-order valence-corrected chi connectivity index (χ1v) is 6.62. The predicted octanol–water partition coefficient (Wildman–Crippen LogP) is 1.19. The van der Waals surface area contributed by atoms with E-state index >= 15 is 0 Å². The van der Waals surface area contributed by atoms with Crippen LogP contribution in [0, 0.1) is 0 Å². The number of aromatic hydroxyl groups is 1. The number of phenols is 1. The van der Waals surface area contributed by atoms with E-state index in [4.69, 9.17) is 0 Å². The van der Waals surface area contributed by atoms with E-state index in [0.29, 0.717) is 13.1 Å². The van der Waals surface area contributed by atoms with Crippen LogP contribution in [0.15, 0.2) is 24.3 Å². The maximum Gasteiger partial charge on any atom is 0.326 e. The van der Waals surface area contributed by atoms with Crippen molar-refractivity contribution in [2.45, 2.75) is 25.3 Å². The Morgan fingerprint density at radius 2 is 1.80 bits per heavy atom. The number of carbonyl (C=O) groups is 2. The summed E-state index contributed by atoms with van der Waals surface area (Å²) in [5, 5.41) is 20.9. The molecule has 1 heterocycles. The summed E-state index contributed by atoms with van der Waals surface area (Å²) < 4.78 is 0. The van der Waals surface area contributed by atoms with Crippen LogP contribution < -0.4 is 5.32 Å². The normalized spacial score (nSPS) is 15.9. The zero-order valence-electron chi connectivity index (χ0n) is 11.1. The highest BCUT2D eigenvalue weighted by Crippen LogP contribution is 2.12. The lowest BCUT2D eigenvalue weighted by Crippen LogP contribution is -2.48. The molecule has 6 nitrogen and oxygen atoms in total. The number of carboxylic acid groups (broad SMARTS) is 1. The van der Waals surface area contributed by atoms with E-state index in [1.165, 1.54) is 12.1 Å². The van der Waals surface area contributed by atoms with E-state index in [2.05, 4.69) is 5.32 Å². The Bertz CT molecular complexity index is 480. The van der Waals surface area contributed by atoms with Crippen LogP contribution in [0.5, 0.6) is 5.75 Å². The maximum absolute atomic E-state index is 11.9. The molecule has 2 amide bonds. The number of aliphatic carboxylic acids is 1. The molecule has 108 valence electrons. The number of amides is 2. The van der Waals surface area contributed by atoms with Crippen molar-refractivity contribution < 1.29 is 19.8 Å². The molecule has 3 N–H and O–H groups in total. The van der Waals surface area contributed by atoms with Gasteiger partial charge in [-0.3, -0.25) is 0 Å². The quantitative estimate of drug-likeness (QED) is 0.771. The molecule has 0 radical (unpaired) electrons. The van der Waals surface area contributed by atoms with Crippen LogP contribution in [0.1, 0.15) is 18.4 Å². The molecule has 0 aliphatic carbocycles. The maximum atomic E-state index is 11.9. The van der Waals surface area contributed by atoms with Gasteiger partial charge < -0.3 is 20.4 Å². The second kappa shape index (κ2) is 6.27. The standard InChI is InChI=1S/C14H18N2O4/c17-11-5-3-10(4-6-11)9-12(13(18)19)15-14(20)16-7-1-2-8-16/h3-6,12,17H,1-2,7-9H2,(H,15,20)(H,18,19)/t12-/m1/s1. The highest BCUT2D eigenvalue weighted by Gasteiger charge is 2.24. The van der Waals surface area contributed by atoms with E-state index in [9.17, 15) is 19.8 Å². The Labute approximate surface area is 117 Å². The molecule has 0 bridgehead atoms. The first-order valence-electron chi connectivity index (χ1n) is 6.62. The first-order chi connectivity index (χ1) is 9.56. The van der Waals surface area contributed by atoms with E-state index < -0.39 is 12.0 Å². The van der Waals surface area contributed by atoms with Crippen molar-refractivity contribution in [3.05, 3.63) is 29.8 Å². The highest BCUT2D eigenvalue weighted by molar-refractivity contribution is 5.83. The van der Waals surface area contributed by atoms with Crippen LogP contribution in [0.2, 0.25) is 0 Å². The number of nitrogens with one attached hydrogen (secondary N) is 1. The third kappa shape index (κ3) is 3.63. The number of phenolic OH excluding ortho intramolecular Hbond substituents is 1. The molecule has 1 aromatic rings. The Kier molecular flexibility index (Phi) is 4.45. The van der Waals surface area contributed by atoms with Gasteiger partial charge in [-0.1, -0.05) is 12.1 Å². The molecule has 0 unspecified atom stereocenters. The number of likely N-dealkylation sites (tertiary alicyclic amines) is 1. The minimum atomic E-state index is -1.06. The molecule has 1 aliphatic rings. The van der Waals surface area contributed by atoms with Crippen molar-refractivity contribution in [3.63, 3.8) is 0 Å². The molecular formula is C14H18N2O4. The first kappa shape index (κ1) is 14.2. The van der Waals surface area contributed by atoms with Gasteiger partial charge in [0.2, 0.25) is 0 Å². The van der Waals surface area contributed by atoms with Gasteiger partial charge in [0, 0.05) is 19.5 Å². The molecule has 1 aromatic carbocycles. The Balaban J connectivity index is 1.98. The summed E-state index contributed by atoms with van der Waals surface area (Å²) in [5.41, 5.74) is 0.747. The molecule has 0 spiro atoms. The molecule has 0 aromatic heterocycles. The summed E-state index contributed by atoms with van der Waals surface area (Å²) >= 11 is 0. The molecule has 1 aliphatic heterocycles. The average molecular weight is 278 g/mol. The van der Waals surface area contributed by atoms with Gasteiger partial charge >= 0.3 is 12.0 Å². The van der Waals surface area contributed by atoms with Gasteiger partial charge in [0.05, 0.1) is 0 Å². The third-order valence-electron chi connectivity index (χ3n) is 3.37. The molecule has 1 atom stereocenters. The number of benzene rings is 1. The Morgan fingerprint density at radius 1 is 1.20 bits per heavy atom. The fourth-order valence-corrected chi connectivity index (χ4v) is 2.23. The van der Waals surface area contributed by atoms with E-state index in [-0.39, 0.29) is 18.2 Å². The minimum absolute atomic E-state index is 0.127. The van der Waals surface area contributed by atoms with Gasteiger partial charge in [0.15, 0.2) is 0 Å². The molecule has 2 rings (SSSR count). The van der Waals surface area contributed by atoms with Crippen molar-refractivity contribution >= 4 is 12.0 Å². The fourth-order valence-electron chi connectivity index (χ4n) is 2.23. The second-order valence-electron chi connectivity index (χ2n) is 4.91. The van der Waals surface area contributed by atoms with Crippen molar-refractivity contribution in [1.82, 2.24) is 10.2 Å². The van der Waals surface area contributed by atoms with Gasteiger partial charge in [-0.05, 0) is 30.5 Å². The SMILES string of the molecule is O=C(O)[C@@H](Cc1ccc(O)cc1)NC(=O)N1CCCC1. The molecule has 1 fully saturated rings. The molecule has 6 heteroatoms. The van der Waals surface area contributed by atoms with Crippen LogP contribution in [0.25, 0.3) is 0 Å².